The molecule has 0 saturated carbocycles. The quantitative estimate of drug-likeness (QED) is 0.325. The van der Waals surface area contributed by atoms with Gasteiger partial charge in [-0.2, -0.15) is 5.10 Å². The third-order valence-corrected chi connectivity index (χ3v) is 5.20. The van der Waals surface area contributed by atoms with Crippen molar-refractivity contribution in [3.05, 3.63) is 66.1 Å². The number of ether oxygens (including phenoxy) is 1. The molecule has 170 valence electrons. The van der Waals surface area contributed by atoms with E-state index in [2.05, 4.69) is 56.1 Å². The summed E-state index contributed by atoms with van der Waals surface area (Å²) in [5.74, 6) is -0.139. The molecule has 2 heterocycles. The Labute approximate surface area is 191 Å². The SMILES string of the molecule is CC(C)(C)OC(=O)CCCCc1cc(-c2cccnc2)nn1-c1ccc(C(C)(C)C)cc1. The van der Waals surface area contributed by atoms with Gasteiger partial charge in [0, 0.05) is 30.1 Å². The molecule has 0 saturated heterocycles. The smallest absolute Gasteiger partial charge is 0.306 e. The molecule has 1 aromatic carbocycles. The largest absolute Gasteiger partial charge is 0.460 e. The van der Waals surface area contributed by atoms with Crippen LogP contribution in [0.3, 0.4) is 0 Å². The molecule has 0 atom stereocenters. The van der Waals surface area contributed by atoms with Gasteiger partial charge in [-0.25, -0.2) is 4.68 Å². The van der Waals surface area contributed by atoms with Crippen LogP contribution in [0.15, 0.2) is 54.9 Å². The molecular formula is C27H35N3O2. The van der Waals surface area contributed by atoms with Crippen LogP contribution in [0.1, 0.15) is 72.1 Å². The number of unbranched alkanes of at least 4 members (excludes halogenated alkanes) is 1. The van der Waals surface area contributed by atoms with Crippen LogP contribution in [-0.2, 0) is 21.4 Å². The molecule has 0 amide bonds. The van der Waals surface area contributed by atoms with Crippen LogP contribution in [-0.4, -0.2) is 26.3 Å². The highest BCUT2D eigenvalue weighted by molar-refractivity contribution is 5.69. The third-order valence-electron chi connectivity index (χ3n) is 5.20. The molecule has 2 aromatic heterocycles. The summed E-state index contributed by atoms with van der Waals surface area (Å²) in [7, 11) is 0. The van der Waals surface area contributed by atoms with E-state index in [9.17, 15) is 4.79 Å². The van der Waals surface area contributed by atoms with E-state index in [1.807, 2.05) is 43.8 Å². The zero-order valence-electron chi connectivity index (χ0n) is 20.2. The Morgan fingerprint density at radius 2 is 1.72 bits per heavy atom. The second kappa shape index (κ2) is 9.68. The lowest BCUT2D eigenvalue weighted by molar-refractivity contribution is -0.154. The number of hydrogen-bond donors (Lipinski definition) is 0. The summed E-state index contributed by atoms with van der Waals surface area (Å²) in [6, 6.07) is 14.7. The van der Waals surface area contributed by atoms with Gasteiger partial charge in [-0.3, -0.25) is 9.78 Å². The van der Waals surface area contributed by atoms with Gasteiger partial charge in [-0.05, 0) is 81.3 Å². The molecule has 0 aliphatic heterocycles. The Hall–Kier alpha value is -2.95. The number of aromatic nitrogens is 3. The van der Waals surface area contributed by atoms with E-state index in [4.69, 9.17) is 9.84 Å². The number of aryl methyl sites for hydroxylation is 1. The van der Waals surface area contributed by atoms with Gasteiger partial charge < -0.3 is 4.74 Å². The Kier molecular flexibility index (Phi) is 7.17. The van der Waals surface area contributed by atoms with Gasteiger partial charge >= 0.3 is 5.97 Å². The Morgan fingerprint density at radius 3 is 2.31 bits per heavy atom. The highest BCUT2D eigenvalue weighted by atomic mass is 16.6. The monoisotopic (exact) mass is 433 g/mol. The van der Waals surface area contributed by atoms with Crippen molar-refractivity contribution in [3.8, 4) is 16.9 Å². The zero-order valence-corrected chi connectivity index (χ0v) is 20.2. The minimum absolute atomic E-state index is 0.105. The van der Waals surface area contributed by atoms with E-state index in [-0.39, 0.29) is 11.4 Å². The van der Waals surface area contributed by atoms with E-state index in [0.717, 1.165) is 41.9 Å². The molecule has 0 N–H and O–H groups in total. The van der Waals surface area contributed by atoms with Crippen molar-refractivity contribution in [1.29, 1.82) is 0 Å². The molecule has 0 aliphatic rings. The van der Waals surface area contributed by atoms with Gasteiger partial charge in [-0.1, -0.05) is 32.9 Å². The standard InChI is InChI=1S/C27H35N3O2/c1-26(2,3)21-13-15-22(16-14-21)30-23(11-7-8-12-25(31)32-27(4,5)6)18-24(29-30)20-10-9-17-28-19-20/h9-10,13-19H,7-8,11-12H2,1-6H3. The summed E-state index contributed by atoms with van der Waals surface area (Å²) >= 11 is 0. The summed E-state index contributed by atoms with van der Waals surface area (Å²) in [5, 5.41) is 4.89. The van der Waals surface area contributed by atoms with E-state index in [1.54, 1.807) is 6.20 Å². The predicted octanol–water partition coefficient (Wildman–Crippen LogP) is 6.29. The number of carbonyl (C=O) groups is 1. The predicted molar refractivity (Wildman–Crippen MR) is 129 cm³/mol. The molecule has 3 rings (SSSR count). The fourth-order valence-electron chi connectivity index (χ4n) is 3.55. The first-order valence-corrected chi connectivity index (χ1v) is 11.3. The van der Waals surface area contributed by atoms with Crippen molar-refractivity contribution in [3.63, 3.8) is 0 Å². The maximum absolute atomic E-state index is 12.0. The highest BCUT2D eigenvalue weighted by Gasteiger charge is 2.17. The third kappa shape index (κ3) is 6.52. The maximum Gasteiger partial charge on any atom is 0.306 e. The number of hydrogen-bond acceptors (Lipinski definition) is 4. The molecular weight excluding hydrogens is 398 g/mol. The lowest BCUT2D eigenvalue weighted by Gasteiger charge is -2.19. The Balaban J connectivity index is 1.78. The van der Waals surface area contributed by atoms with Crippen LogP contribution in [0.25, 0.3) is 16.9 Å². The molecule has 0 unspecified atom stereocenters. The van der Waals surface area contributed by atoms with E-state index in [1.165, 1.54) is 5.56 Å². The minimum Gasteiger partial charge on any atom is -0.460 e. The normalized spacial score (nSPS) is 12.1. The second-order valence-electron chi connectivity index (χ2n) is 10.3. The Bertz CT molecular complexity index is 1020. The molecule has 5 heteroatoms. The highest BCUT2D eigenvalue weighted by Crippen LogP contribution is 2.26. The van der Waals surface area contributed by atoms with Crippen LogP contribution in [0.5, 0.6) is 0 Å². The average molecular weight is 434 g/mol. The summed E-state index contributed by atoms with van der Waals surface area (Å²) < 4.78 is 7.44. The van der Waals surface area contributed by atoms with Crippen LogP contribution >= 0.6 is 0 Å². The van der Waals surface area contributed by atoms with Gasteiger partial charge in [0.25, 0.3) is 0 Å². The van der Waals surface area contributed by atoms with Crippen LogP contribution in [0.2, 0.25) is 0 Å². The van der Waals surface area contributed by atoms with Crippen LogP contribution in [0, 0.1) is 0 Å². The van der Waals surface area contributed by atoms with Crippen molar-refractivity contribution in [2.75, 3.05) is 0 Å². The zero-order chi connectivity index (χ0) is 23.4. The van der Waals surface area contributed by atoms with Crippen LogP contribution in [0.4, 0.5) is 0 Å². The first-order chi connectivity index (χ1) is 15.0. The fourth-order valence-corrected chi connectivity index (χ4v) is 3.55. The summed E-state index contributed by atoms with van der Waals surface area (Å²) in [6.45, 7) is 12.3. The molecule has 5 nitrogen and oxygen atoms in total. The van der Waals surface area contributed by atoms with Crippen molar-refractivity contribution >= 4 is 5.97 Å². The number of carbonyl (C=O) groups excluding carboxylic acids is 1. The van der Waals surface area contributed by atoms with E-state index in [0.29, 0.717) is 6.42 Å². The van der Waals surface area contributed by atoms with Gasteiger partial charge in [0.2, 0.25) is 0 Å². The van der Waals surface area contributed by atoms with Gasteiger partial charge in [0.1, 0.15) is 5.60 Å². The molecule has 0 spiro atoms. The molecule has 3 aromatic rings. The molecule has 0 bridgehead atoms. The second-order valence-corrected chi connectivity index (χ2v) is 10.3. The van der Waals surface area contributed by atoms with E-state index >= 15 is 0 Å². The first-order valence-electron chi connectivity index (χ1n) is 11.3. The van der Waals surface area contributed by atoms with Gasteiger partial charge in [0.05, 0.1) is 11.4 Å². The lowest BCUT2D eigenvalue weighted by Crippen LogP contribution is -2.23. The lowest BCUT2D eigenvalue weighted by atomic mass is 9.87. The molecule has 0 radical (unpaired) electrons. The number of esters is 1. The van der Waals surface area contributed by atoms with Crippen molar-refractivity contribution in [2.24, 2.45) is 0 Å². The summed E-state index contributed by atoms with van der Waals surface area (Å²) in [4.78, 5) is 16.2. The number of pyridine rings is 1. The minimum atomic E-state index is -0.437. The molecule has 0 fully saturated rings. The number of rotatable bonds is 7. The van der Waals surface area contributed by atoms with Crippen molar-refractivity contribution < 1.29 is 9.53 Å². The maximum atomic E-state index is 12.0. The summed E-state index contributed by atoms with van der Waals surface area (Å²) in [5.41, 5.74) is 5.01. The van der Waals surface area contributed by atoms with Crippen LogP contribution < -0.4 is 0 Å². The number of benzene rings is 1. The van der Waals surface area contributed by atoms with Crippen molar-refractivity contribution in [2.45, 2.75) is 78.2 Å². The van der Waals surface area contributed by atoms with E-state index < -0.39 is 5.60 Å². The van der Waals surface area contributed by atoms with Gasteiger partial charge in [-0.15, -0.1) is 0 Å². The van der Waals surface area contributed by atoms with Crippen molar-refractivity contribution in [1.82, 2.24) is 14.8 Å². The fraction of sp³-hybridized carbons (Fsp3) is 0.444. The molecule has 0 aliphatic carbocycles. The average Bonchev–Trinajstić information content (AvgIpc) is 3.14. The number of nitrogens with zero attached hydrogens (tertiary/aromatic N) is 3. The Morgan fingerprint density at radius 1 is 1.00 bits per heavy atom. The first kappa shape index (κ1) is 23.7. The summed E-state index contributed by atoms with van der Waals surface area (Å²) in [6.07, 6.45) is 6.53. The molecule has 32 heavy (non-hydrogen) atoms. The topological polar surface area (TPSA) is 57.0 Å². The van der Waals surface area contributed by atoms with Gasteiger partial charge in [0.15, 0.2) is 0 Å².